The number of hydrogen-bond donors (Lipinski definition) is 0. The van der Waals surface area contributed by atoms with E-state index in [4.69, 9.17) is 4.74 Å². The Morgan fingerprint density at radius 3 is 2.37 bits per heavy atom. The predicted octanol–water partition coefficient (Wildman–Crippen LogP) is 1.23. The van der Waals surface area contributed by atoms with Gasteiger partial charge in [-0.05, 0) is 32.9 Å². The average molecular weight is 291 g/mol. The smallest absolute Gasteiger partial charge is 0.307 e. The maximum Gasteiger partial charge on any atom is 0.307 e. The monoisotopic (exact) mass is 291 g/mol. The summed E-state index contributed by atoms with van der Waals surface area (Å²) in [6.07, 6.45) is 1.53. The van der Waals surface area contributed by atoms with E-state index in [-0.39, 0.29) is 23.9 Å². The summed E-state index contributed by atoms with van der Waals surface area (Å²) in [7, 11) is -3.07. The van der Waals surface area contributed by atoms with Crippen LogP contribution in [0.4, 0.5) is 0 Å². The van der Waals surface area contributed by atoms with Crippen LogP contribution in [0.1, 0.15) is 40.0 Å². The number of nitrogens with zero attached hydrogens (tertiary/aromatic N) is 1. The zero-order valence-electron chi connectivity index (χ0n) is 12.1. The average Bonchev–Trinajstić information content (AvgIpc) is 2.28. The number of rotatable bonds is 6. The Labute approximate surface area is 116 Å². The van der Waals surface area contributed by atoms with Gasteiger partial charge in [0.2, 0.25) is 0 Å². The molecule has 1 rings (SSSR count). The molecule has 5 nitrogen and oxygen atoms in total. The van der Waals surface area contributed by atoms with E-state index in [9.17, 15) is 13.2 Å². The van der Waals surface area contributed by atoms with Gasteiger partial charge in [-0.15, -0.1) is 0 Å². The first-order chi connectivity index (χ1) is 8.89. The van der Waals surface area contributed by atoms with E-state index in [2.05, 4.69) is 4.90 Å². The highest BCUT2D eigenvalue weighted by molar-refractivity contribution is 7.91. The first-order valence-electron chi connectivity index (χ1n) is 7.00. The fourth-order valence-corrected chi connectivity index (χ4v) is 5.03. The molecule has 19 heavy (non-hydrogen) atoms. The SMILES string of the molecule is CCOC(=O)CC1(N(CC)CC)CCCS(=O)(=O)C1. The summed E-state index contributed by atoms with van der Waals surface area (Å²) in [6, 6.07) is 0. The Bertz CT molecular complexity index is 403. The summed E-state index contributed by atoms with van der Waals surface area (Å²) < 4.78 is 28.9. The topological polar surface area (TPSA) is 63.7 Å². The van der Waals surface area contributed by atoms with E-state index in [0.29, 0.717) is 13.0 Å². The maximum atomic E-state index is 12.0. The molecule has 0 bridgehead atoms. The molecule has 0 spiro atoms. The van der Waals surface area contributed by atoms with Crippen molar-refractivity contribution in [3.63, 3.8) is 0 Å². The Morgan fingerprint density at radius 1 is 1.26 bits per heavy atom. The predicted molar refractivity (Wildman–Crippen MR) is 74.8 cm³/mol. The lowest BCUT2D eigenvalue weighted by atomic mass is 9.89. The van der Waals surface area contributed by atoms with E-state index in [1.807, 2.05) is 13.8 Å². The highest BCUT2D eigenvalue weighted by Crippen LogP contribution is 2.32. The van der Waals surface area contributed by atoms with E-state index >= 15 is 0 Å². The van der Waals surface area contributed by atoms with Crippen molar-refractivity contribution in [2.75, 3.05) is 31.2 Å². The molecule has 112 valence electrons. The Kier molecular flexibility index (Phi) is 5.80. The molecule has 0 saturated carbocycles. The van der Waals surface area contributed by atoms with Crippen LogP contribution >= 0.6 is 0 Å². The van der Waals surface area contributed by atoms with Crippen LogP contribution in [-0.4, -0.2) is 56.0 Å². The molecule has 6 heteroatoms. The molecule has 0 amide bonds. The van der Waals surface area contributed by atoms with Gasteiger partial charge >= 0.3 is 5.97 Å². The molecular formula is C13H25NO4S. The molecule has 0 aromatic carbocycles. The number of sulfone groups is 1. The minimum Gasteiger partial charge on any atom is -0.466 e. The molecule has 0 radical (unpaired) electrons. The molecule has 1 aliphatic rings. The van der Waals surface area contributed by atoms with Gasteiger partial charge in [0.05, 0.1) is 24.5 Å². The van der Waals surface area contributed by atoms with Gasteiger partial charge in [-0.1, -0.05) is 13.8 Å². The van der Waals surface area contributed by atoms with Gasteiger partial charge in [-0.3, -0.25) is 9.69 Å². The quantitative estimate of drug-likeness (QED) is 0.689. The summed E-state index contributed by atoms with van der Waals surface area (Å²) in [4.78, 5) is 13.9. The van der Waals surface area contributed by atoms with Crippen LogP contribution in [0.2, 0.25) is 0 Å². The normalized spacial score (nSPS) is 26.3. The van der Waals surface area contributed by atoms with E-state index in [0.717, 1.165) is 19.5 Å². The molecule has 0 N–H and O–H groups in total. The van der Waals surface area contributed by atoms with Crippen molar-refractivity contribution in [2.45, 2.75) is 45.6 Å². The van der Waals surface area contributed by atoms with Gasteiger partial charge < -0.3 is 4.74 Å². The first kappa shape index (κ1) is 16.4. The highest BCUT2D eigenvalue weighted by atomic mass is 32.2. The van der Waals surface area contributed by atoms with Gasteiger partial charge in [-0.2, -0.15) is 0 Å². The second-order valence-corrected chi connectivity index (χ2v) is 7.26. The second-order valence-electron chi connectivity index (χ2n) is 5.07. The summed E-state index contributed by atoms with van der Waals surface area (Å²) >= 11 is 0. The Morgan fingerprint density at radius 2 is 1.89 bits per heavy atom. The van der Waals surface area contributed by atoms with Crippen molar-refractivity contribution in [3.8, 4) is 0 Å². The molecule has 1 aliphatic heterocycles. The van der Waals surface area contributed by atoms with Crippen LogP contribution in [-0.2, 0) is 19.4 Å². The molecular weight excluding hydrogens is 266 g/mol. The van der Waals surface area contributed by atoms with Gasteiger partial charge in [0.15, 0.2) is 9.84 Å². The van der Waals surface area contributed by atoms with Crippen molar-refractivity contribution >= 4 is 15.8 Å². The first-order valence-corrected chi connectivity index (χ1v) is 8.82. The zero-order chi connectivity index (χ0) is 14.5. The van der Waals surface area contributed by atoms with Crippen LogP contribution in [0, 0.1) is 0 Å². The third-order valence-electron chi connectivity index (χ3n) is 3.80. The van der Waals surface area contributed by atoms with Gasteiger partial charge in [0.1, 0.15) is 0 Å². The standard InChI is InChI=1S/C13H25NO4S/c1-4-14(5-2)13(10-12(15)18-6-3)8-7-9-19(16,17)11-13/h4-11H2,1-3H3. The van der Waals surface area contributed by atoms with Crippen molar-refractivity contribution in [1.82, 2.24) is 4.90 Å². The Balaban J connectivity index is 2.99. The minimum absolute atomic E-state index is 0.0699. The molecule has 1 saturated heterocycles. The number of esters is 1. The van der Waals surface area contributed by atoms with Crippen molar-refractivity contribution in [1.29, 1.82) is 0 Å². The van der Waals surface area contributed by atoms with Crippen LogP contribution < -0.4 is 0 Å². The molecule has 0 aromatic rings. The number of ether oxygens (including phenoxy) is 1. The Hall–Kier alpha value is -0.620. The summed E-state index contributed by atoms with van der Waals surface area (Å²) in [5.41, 5.74) is -0.577. The van der Waals surface area contributed by atoms with Crippen LogP contribution in [0.5, 0.6) is 0 Å². The zero-order valence-corrected chi connectivity index (χ0v) is 13.0. The molecule has 1 atom stereocenters. The second kappa shape index (κ2) is 6.70. The molecule has 1 fully saturated rings. The molecule has 1 heterocycles. The number of carbonyl (C=O) groups excluding carboxylic acids is 1. The summed E-state index contributed by atoms with van der Waals surface area (Å²) in [5, 5.41) is 0. The van der Waals surface area contributed by atoms with Crippen molar-refractivity contribution in [2.24, 2.45) is 0 Å². The number of carbonyl (C=O) groups is 1. The molecule has 0 aliphatic carbocycles. The van der Waals surface area contributed by atoms with Gasteiger partial charge in [0, 0.05) is 5.54 Å². The fraction of sp³-hybridized carbons (Fsp3) is 0.923. The van der Waals surface area contributed by atoms with E-state index < -0.39 is 15.4 Å². The third-order valence-corrected chi connectivity index (χ3v) is 5.69. The largest absolute Gasteiger partial charge is 0.466 e. The minimum atomic E-state index is -3.07. The number of hydrogen-bond acceptors (Lipinski definition) is 5. The van der Waals surface area contributed by atoms with Crippen LogP contribution in [0.25, 0.3) is 0 Å². The highest BCUT2D eigenvalue weighted by Gasteiger charge is 2.44. The van der Waals surface area contributed by atoms with Gasteiger partial charge in [-0.25, -0.2) is 8.42 Å². The van der Waals surface area contributed by atoms with Crippen LogP contribution in [0.15, 0.2) is 0 Å². The van der Waals surface area contributed by atoms with Crippen molar-refractivity contribution < 1.29 is 17.9 Å². The molecule has 1 unspecified atom stereocenters. The fourth-order valence-electron chi connectivity index (χ4n) is 3.05. The van der Waals surface area contributed by atoms with E-state index in [1.165, 1.54) is 0 Å². The van der Waals surface area contributed by atoms with Gasteiger partial charge in [0.25, 0.3) is 0 Å². The lowest BCUT2D eigenvalue weighted by Gasteiger charge is -2.44. The summed E-state index contributed by atoms with van der Waals surface area (Å²) in [6.45, 7) is 7.58. The van der Waals surface area contributed by atoms with Crippen LogP contribution in [0.3, 0.4) is 0 Å². The lowest BCUT2D eigenvalue weighted by Crippen LogP contribution is -2.57. The summed E-state index contributed by atoms with van der Waals surface area (Å²) in [5.74, 6) is 0.00536. The third kappa shape index (κ3) is 4.18. The lowest BCUT2D eigenvalue weighted by molar-refractivity contribution is -0.146. The molecule has 0 aromatic heterocycles. The van der Waals surface area contributed by atoms with Crippen molar-refractivity contribution in [3.05, 3.63) is 0 Å². The maximum absolute atomic E-state index is 12.0. The van der Waals surface area contributed by atoms with E-state index in [1.54, 1.807) is 6.92 Å².